The van der Waals surface area contributed by atoms with Crippen molar-refractivity contribution in [1.82, 2.24) is 0 Å². The smallest absolute Gasteiger partial charge is 0.255 e. The molecule has 10 nitrogen and oxygen atoms in total. The summed E-state index contributed by atoms with van der Waals surface area (Å²) in [5.74, 6) is -6.46. The molecule has 0 spiro atoms. The Kier molecular flexibility index (Phi) is 6.04. The van der Waals surface area contributed by atoms with E-state index >= 15 is 0 Å². The molecule has 0 aromatic heterocycles. The molecule has 0 saturated heterocycles. The van der Waals surface area contributed by atoms with E-state index in [4.69, 9.17) is 16.2 Å². The van der Waals surface area contributed by atoms with Gasteiger partial charge in [0.15, 0.2) is 11.4 Å². The number of hydrogen-bond donors (Lipinski definition) is 6. The molecule has 8 N–H and O–H groups in total. The van der Waals surface area contributed by atoms with E-state index in [1.807, 2.05) is 24.3 Å². The Balaban J connectivity index is 1.58. The summed E-state index contributed by atoms with van der Waals surface area (Å²) in [6.45, 7) is 0. The number of fused-ring (bicyclic) bond motifs is 3. The van der Waals surface area contributed by atoms with Crippen LogP contribution in [0.25, 0.3) is 5.76 Å². The highest BCUT2D eigenvalue weighted by Gasteiger charge is 2.63. The van der Waals surface area contributed by atoms with Crippen LogP contribution in [0.15, 0.2) is 53.3 Å². The fraction of sp³-hybridized carbons (Fsp3) is 0.321. The number of ether oxygens (including phenoxy) is 1. The van der Waals surface area contributed by atoms with Crippen molar-refractivity contribution in [3.8, 4) is 11.5 Å². The number of phenols is 1. The normalized spacial score (nSPS) is 26.6. The van der Waals surface area contributed by atoms with Gasteiger partial charge in [0, 0.05) is 11.5 Å². The minimum Gasteiger partial charge on any atom is -0.508 e. The van der Waals surface area contributed by atoms with Crippen LogP contribution in [0, 0.1) is 11.8 Å². The van der Waals surface area contributed by atoms with Crippen molar-refractivity contribution in [2.24, 2.45) is 23.3 Å². The standard InChI is InChI=1S/C28H28N2O8/c1-38-15-4-2-3-12(9-15)5-6-13-7-8-18(31)20-16(13)10-14-11-17-22(29)24(33)21(27(30)36)26(35)28(17,37)25(34)19(14)23(20)32/h2-4,7-9,14,17,22,31-32,35,37H,5-6,10-11,29H2,1H3,(H2,30,36)/t14?,17?,22-,28-/m0/s1. The van der Waals surface area contributed by atoms with Crippen molar-refractivity contribution in [2.75, 3.05) is 7.11 Å². The van der Waals surface area contributed by atoms with Crippen LogP contribution in [-0.4, -0.2) is 56.7 Å². The molecule has 0 bridgehead atoms. The van der Waals surface area contributed by atoms with Gasteiger partial charge < -0.3 is 36.6 Å². The van der Waals surface area contributed by atoms with Crippen LogP contribution in [-0.2, 0) is 33.6 Å². The Morgan fingerprint density at radius 3 is 2.55 bits per heavy atom. The van der Waals surface area contributed by atoms with E-state index in [9.17, 15) is 34.8 Å². The lowest BCUT2D eigenvalue weighted by Crippen LogP contribution is -2.65. The maximum atomic E-state index is 13.7. The van der Waals surface area contributed by atoms with Gasteiger partial charge in [0.2, 0.25) is 5.78 Å². The van der Waals surface area contributed by atoms with Crippen molar-refractivity contribution < 1.29 is 39.5 Å². The van der Waals surface area contributed by atoms with Gasteiger partial charge in [0.25, 0.3) is 5.91 Å². The van der Waals surface area contributed by atoms with Crippen molar-refractivity contribution in [1.29, 1.82) is 0 Å². The average Bonchev–Trinajstić information content (AvgIpc) is 2.88. The molecule has 10 heteroatoms. The SMILES string of the molecule is COc1cccc(CCc2ccc(O)c3c2CC2CC4[C@H](N)C(=O)C(C(N)=O)=C(O)[C@@]4(O)C(=O)C2=C3O)c1. The molecule has 5 rings (SSSR count). The second kappa shape index (κ2) is 9.00. The van der Waals surface area contributed by atoms with Gasteiger partial charge in [-0.3, -0.25) is 14.4 Å². The van der Waals surface area contributed by atoms with Gasteiger partial charge >= 0.3 is 0 Å². The van der Waals surface area contributed by atoms with Gasteiger partial charge in [-0.15, -0.1) is 0 Å². The van der Waals surface area contributed by atoms with Gasteiger partial charge in [0.1, 0.15) is 28.6 Å². The number of primary amides is 1. The molecule has 198 valence electrons. The summed E-state index contributed by atoms with van der Waals surface area (Å²) in [6.07, 6.45) is 1.40. The Bertz CT molecular complexity index is 1460. The monoisotopic (exact) mass is 520 g/mol. The number of amides is 1. The highest BCUT2D eigenvalue weighted by Crippen LogP contribution is 2.52. The molecule has 2 aromatic rings. The third-order valence-corrected chi connectivity index (χ3v) is 8.05. The number of aryl methyl sites for hydroxylation is 2. The molecule has 2 aromatic carbocycles. The summed E-state index contributed by atoms with van der Waals surface area (Å²) in [4.78, 5) is 38.2. The van der Waals surface area contributed by atoms with E-state index in [2.05, 4.69) is 0 Å². The molecule has 3 aliphatic carbocycles. The molecule has 4 atom stereocenters. The molecular weight excluding hydrogens is 492 g/mol. The van der Waals surface area contributed by atoms with Gasteiger partial charge in [0.05, 0.1) is 18.7 Å². The Hall–Kier alpha value is -4.15. The van der Waals surface area contributed by atoms with E-state index in [-0.39, 0.29) is 29.7 Å². The van der Waals surface area contributed by atoms with E-state index < -0.39 is 58.0 Å². The molecular formula is C28H28N2O8. The van der Waals surface area contributed by atoms with Crippen molar-refractivity contribution in [3.63, 3.8) is 0 Å². The Morgan fingerprint density at radius 1 is 1.13 bits per heavy atom. The highest BCUT2D eigenvalue weighted by molar-refractivity contribution is 6.24. The fourth-order valence-electron chi connectivity index (χ4n) is 6.12. The van der Waals surface area contributed by atoms with Crippen LogP contribution in [0.2, 0.25) is 0 Å². The number of aliphatic hydroxyl groups excluding tert-OH is 2. The van der Waals surface area contributed by atoms with Crippen molar-refractivity contribution >= 4 is 23.2 Å². The second-order valence-electron chi connectivity index (χ2n) is 10.0. The molecule has 2 unspecified atom stereocenters. The third-order valence-electron chi connectivity index (χ3n) is 8.05. The summed E-state index contributed by atoms with van der Waals surface area (Å²) < 4.78 is 5.29. The molecule has 1 fully saturated rings. The largest absolute Gasteiger partial charge is 0.508 e. The number of Topliss-reactive ketones (excluding diaryl/α,β-unsaturated/α-hetero) is 2. The molecule has 1 saturated carbocycles. The number of nitrogens with two attached hydrogens (primary N) is 2. The zero-order chi connectivity index (χ0) is 27.5. The summed E-state index contributed by atoms with van der Waals surface area (Å²) in [7, 11) is 1.59. The number of methoxy groups -OCH3 is 1. The topological polar surface area (TPSA) is 193 Å². The van der Waals surface area contributed by atoms with Crippen molar-refractivity contribution in [3.05, 3.63) is 75.6 Å². The molecule has 3 aliphatic rings. The second-order valence-corrected chi connectivity index (χ2v) is 10.0. The lowest BCUT2D eigenvalue weighted by molar-refractivity contribution is -0.149. The minimum atomic E-state index is -2.71. The van der Waals surface area contributed by atoms with Crippen LogP contribution in [0.3, 0.4) is 0 Å². The predicted molar refractivity (Wildman–Crippen MR) is 135 cm³/mol. The van der Waals surface area contributed by atoms with Crippen LogP contribution in [0.1, 0.15) is 28.7 Å². The summed E-state index contributed by atoms with van der Waals surface area (Å²) in [5, 5.41) is 44.0. The number of ketones is 2. The number of carbonyl (C=O) groups excluding carboxylic acids is 3. The number of benzene rings is 2. The van der Waals surface area contributed by atoms with E-state index in [0.717, 1.165) is 16.9 Å². The lowest BCUT2D eigenvalue weighted by atomic mass is 9.57. The molecule has 0 aliphatic heterocycles. The number of aromatic hydroxyl groups is 1. The molecule has 1 amide bonds. The first-order chi connectivity index (χ1) is 18.0. The summed E-state index contributed by atoms with van der Waals surface area (Å²) in [5.41, 5.74) is 10.0. The van der Waals surface area contributed by atoms with Gasteiger partial charge in [-0.25, -0.2) is 0 Å². The highest BCUT2D eigenvalue weighted by atomic mass is 16.5. The molecule has 0 heterocycles. The Morgan fingerprint density at radius 2 is 1.87 bits per heavy atom. The van der Waals surface area contributed by atoms with Crippen molar-refractivity contribution in [2.45, 2.75) is 37.3 Å². The van der Waals surface area contributed by atoms with Gasteiger partial charge in [-0.1, -0.05) is 18.2 Å². The maximum absolute atomic E-state index is 13.7. The summed E-state index contributed by atoms with van der Waals surface area (Å²) in [6, 6.07) is 9.34. The minimum absolute atomic E-state index is 0.0327. The third kappa shape index (κ3) is 3.59. The number of aliphatic hydroxyl groups is 3. The van der Waals surface area contributed by atoms with E-state index in [1.165, 1.54) is 6.07 Å². The first-order valence-corrected chi connectivity index (χ1v) is 12.2. The van der Waals surface area contributed by atoms with E-state index in [0.29, 0.717) is 18.4 Å². The number of hydrogen-bond acceptors (Lipinski definition) is 9. The van der Waals surface area contributed by atoms with Crippen LogP contribution >= 0.6 is 0 Å². The molecule has 38 heavy (non-hydrogen) atoms. The first kappa shape index (κ1) is 25.5. The number of carbonyl (C=O) groups is 3. The zero-order valence-corrected chi connectivity index (χ0v) is 20.6. The van der Waals surface area contributed by atoms with Crippen LogP contribution < -0.4 is 16.2 Å². The van der Waals surface area contributed by atoms with Gasteiger partial charge in [-0.05, 0) is 66.5 Å². The quantitative estimate of drug-likeness (QED) is 0.314. The fourth-order valence-corrected chi connectivity index (χ4v) is 6.12. The van der Waals surface area contributed by atoms with Crippen LogP contribution in [0.4, 0.5) is 0 Å². The first-order valence-electron chi connectivity index (χ1n) is 12.2. The Labute approximate surface area is 217 Å². The number of phenolic OH excluding ortho intramolecular Hbond substituents is 1. The lowest BCUT2D eigenvalue weighted by Gasteiger charge is -2.48. The van der Waals surface area contributed by atoms with Gasteiger partial charge in [-0.2, -0.15) is 0 Å². The zero-order valence-electron chi connectivity index (χ0n) is 20.6. The van der Waals surface area contributed by atoms with E-state index in [1.54, 1.807) is 13.2 Å². The number of rotatable bonds is 5. The molecule has 0 radical (unpaired) electrons. The summed E-state index contributed by atoms with van der Waals surface area (Å²) >= 11 is 0. The average molecular weight is 521 g/mol. The predicted octanol–water partition coefficient (Wildman–Crippen LogP) is 1.15. The maximum Gasteiger partial charge on any atom is 0.255 e. The van der Waals surface area contributed by atoms with Crippen LogP contribution in [0.5, 0.6) is 11.5 Å².